The molecule has 0 saturated heterocycles. The van der Waals surface area contributed by atoms with Gasteiger partial charge in [0.2, 0.25) is 0 Å². The number of thioether (sulfide) groups is 1. The van der Waals surface area contributed by atoms with Gasteiger partial charge in [-0.1, -0.05) is 19.1 Å². The molecule has 0 radical (unpaired) electrons. The molecule has 2 nitrogen and oxygen atoms in total. The Bertz CT molecular complexity index is 319. The first-order chi connectivity index (χ1) is 6.77. The summed E-state index contributed by atoms with van der Waals surface area (Å²) in [5.41, 5.74) is 0.720. The SMILES string of the molecule is CCCSc1ccc(C(=N)C=O)cc1. The molecule has 0 aliphatic heterocycles. The Balaban J connectivity index is 2.68. The summed E-state index contributed by atoms with van der Waals surface area (Å²) in [6.45, 7) is 2.14. The highest BCUT2D eigenvalue weighted by molar-refractivity contribution is 7.99. The summed E-state index contributed by atoms with van der Waals surface area (Å²) in [6, 6.07) is 7.53. The number of carbonyl (C=O) groups excluding carboxylic acids is 1. The fourth-order valence-corrected chi connectivity index (χ4v) is 1.79. The van der Waals surface area contributed by atoms with Gasteiger partial charge in [0.05, 0.1) is 0 Å². The molecule has 0 aliphatic rings. The minimum atomic E-state index is 0.0389. The van der Waals surface area contributed by atoms with E-state index in [1.54, 1.807) is 11.8 Å². The van der Waals surface area contributed by atoms with E-state index < -0.39 is 0 Å². The lowest BCUT2D eigenvalue weighted by atomic mass is 10.1. The number of nitrogens with one attached hydrogen (secondary N) is 1. The quantitative estimate of drug-likeness (QED) is 0.458. The third-order valence-electron chi connectivity index (χ3n) is 1.76. The zero-order valence-corrected chi connectivity index (χ0v) is 8.93. The van der Waals surface area contributed by atoms with Crippen LogP contribution < -0.4 is 0 Å². The van der Waals surface area contributed by atoms with Crippen molar-refractivity contribution < 1.29 is 4.79 Å². The normalized spacial score (nSPS) is 9.79. The highest BCUT2D eigenvalue weighted by Crippen LogP contribution is 2.18. The zero-order chi connectivity index (χ0) is 10.4. The van der Waals surface area contributed by atoms with Gasteiger partial charge in [0, 0.05) is 10.5 Å². The van der Waals surface area contributed by atoms with Crippen LogP contribution in [0.1, 0.15) is 18.9 Å². The van der Waals surface area contributed by atoms with E-state index in [4.69, 9.17) is 5.41 Å². The van der Waals surface area contributed by atoms with Gasteiger partial charge < -0.3 is 0 Å². The van der Waals surface area contributed by atoms with Gasteiger partial charge in [0.1, 0.15) is 5.71 Å². The number of rotatable bonds is 5. The van der Waals surface area contributed by atoms with Crippen LogP contribution in [0.5, 0.6) is 0 Å². The molecule has 14 heavy (non-hydrogen) atoms. The van der Waals surface area contributed by atoms with Crippen LogP contribution in [-0.4, -0.2) is 17.8 Å². The van der Waals surface area contributed by atoms with E-state index in [1.807, 2.05) is 24.3 Å². The number of hydrogen-bond donors (Lipinski definition) is 1. The molecule has 74 valence electrons. The van der Waals surface area contributed by atoms with Crippen LogP contribution in [0, 0.1) is 5.41 Å². The molecule has 0 atom stereocenters. The van der Waals surface area contributed by atoms with Crippen molar-refractivity contribution in [3.05, 3.63) is 29.8 Å². The third-order valence-corrected chi connectivity index (χ3v) is 2.97. The summed E-state index contributed by atoms with van der Waals surface area (Å²) in [5.74, 6) is 1.10. The van der Waals surface area contributed by atoms with Crippen molar-refractivity contribution in [2.75, 3.05) is 5.75 Å². The summed E-state index contributed by atoms with van der Waals surface area (Å²) >= 11 is 1.79. The molecule has 0 spiro atoms. The molecule has 0 unspecified atom stereocenters. The third kappa shape index (κ3) is 3.00. The second kappa shape index (κ2) is 5.60. The highest BCUT2D eigenvalue weighted by atomic mass is 32.2. The molecule has 1 N–H and O–H groups in total. The van der Waals surface area contributed by atoms with Crippen LogP contribution in [0.3, 0.4) is 0 Å². The summed E-state index contributed by atoms with van der Waals surface area (Å²) in [6.07, 6.45) is 1.71. The average molecular weight is 207 g/mol. The molecule has 0 aromatic heterocycles. The summed E-state index contributed by atoms with van der Waals surface area (Å²) in [7, 11) is 0. The number of carbonyl (C=O) groups is 1. The minimum Gasteiger partial charge on any atom is -0.297 e. The summed E-state index contributed by atoms with van der Waals surface area (Å²) in [4.78, 5) is 11.5. The standard InChI is InChI=1S/C11H13NOS/c1-2-7-14-10-5-3-9(4-6-10)11(12)8-13/h3-6,8,12H,2,7H2,1H3. The molecular weight excluding hydrogens is 194 g/mol. The van der Waals surface area contributed by atoms with E-state index in [1.165, 1.54) is 4.90 Å². The molecule has 0 aliphatic carbocycles. The Morgan fingerprint density at radius 1 is 1.43 bits per heavy atom. The average Bonchev–Trinajstić information content (AvgIpc) is 2.26. The molecule has 0 heterocycles. The van der Waals surface area contributed by atoms with E-state index in [0.29, 0.717) is 11.8 Å². The lowest BCUT2D eigenvalue weighted by molar-refractivity contribution is -0.102. The second-order valence-electron chi connectivity index (χ2n) is 2.90. The molecule has 0 bridgehead atoms. The number of benzene rings is 1. The lowest BCUT2D eigenvalue weighted by Crippen LogP contribution is -1.98. The largest absolute Gasteiger partial charge is 0.297 e. The lowest BCUT2D eigenvalue weighted by Gasteiger charge is -2.00. The summed E-state index contributed by atoms with van der Waals surface area (Å²) in [5, 5.41) is 7.31. The molecule has 1 aromatic carbocycles. The van der Waals surface area contributed by atoms with Crippen LogP contribution in [-0.2, 0) is 4.79 Å². The van der Waals surface area contributed by atoms with Crippen LogP contribution >= 0.6 is 11.8 Å². The summed E-state index contributed by atoms with van der Waals surface area (Å²) < 4.78 is 0. The van der Waals surface area contributed by atoms with Crippen LogP contribution in [0.25, 0.3) is 0 Å². The zero-order valence-electron chi connectivity index (χ0n) is 8.12. The van der Waals surface area contributed by atoms with Gasteiger partial charge in [0.15, 0.2) is 6.29 Å². The monoisotopic (exact) mass is 207 g/mol. The van der Waals surface area contributed by atoms with E-state index in [2.05, 4.69) is 6.92 Å². The van der Waals surface area contributed by atoms with Crippen molar-refractivity contribution in [1.82, 2.24) is 0 Å². The molecule has 3 heteroatoms. The smallest absolute Gasteiger partial charge is 0.168 e. The first-order valence-electron chi connectivity index (χ1n) is 4.55. The molecule has 0 fully saturated rings. The van der Waals surface area contributed by atoms with Crippen molar-refractivity contribution >= 4 is 23.8 Å². The first kappa shape index (κ1) is 11.0. The van der Waals surface area contributed by atoms with Crippen LogP contribution in [0.2, 0.25) is 0 Å². The Kier molecular flexibility index (Phi) is 4.40. The maximum absolute atomic E-state index is 10.3. The van der Waals surface area contributed by atoms with Gasteiger partial charge in [-0.3, -0.25) is 10.2 Å². The molecule has 1 aromatic rings. The van der Waals surface area contributed by atoms with Gasteiger partial charge in [-0.25, -0.2) is 0 Å². The fraction of sp³-hybridized carbons (Fsp3) is 0.273. The Morgan fingerprint density at radius 3 is 2.57 bits per heavy atom. The minimum absolute atomic E-state index is 0.0389. The van der Waals surface area contributed by atoms with Crippen molar-refractivity contribution in [2.45, 2.75) is 18.2 Å². The van der Waals surface area contributed by atoms with E-state index in [0.717, 1.165) is 12.2 Å². The fourth-order valence-electron chi connectivity index (χ4n) is 1.02. The van der Waals surface area contributed by atoms with Crippen LogP contribution in [0.15, 0.2) is 29.2 Å². The predicted octanol–water partition coefficient (Wildman–Crippen LogP) is 2.76. The van der Waals surface area contributed by atoms with Gasteiger partial charge in [0.25, 0.3) is 0 Å². The van der Waals surface area contributed by atoms with Crippen molar-refractivity contribution in [2.24, 2.45) is 0 Å². The van der Waals surface area contributed by atoms with Crippen molar-refractivity contribution in [3.63, 3.8) is 0 Å². The van der Waals surface area contributed by atoms with Gasteiger partial charge >= 0.3 is 0 Å². The Hall–Kier alpha value is -1.09. The van der Waals surface area contributed by atoms with Gasteiger partial charge in [-0.15, -0.1) is 11.8 Å². The maximum Gasteiger partial charge on any atom is 0.168 e. The van der Waals surface area contributed by atoms with Crippen molar-refractivity contribution in [1.29, 1.82) is 5.41 Å². The van der Waals surface area contributed by atoms with E-state index in [-0.39, 0.29) is 5.71 Å². The van der Waals surface area contributed by atoms with E-state index >= 15 is 0 Å². The molecular formula is C11H13NOS. The van der Waals surface area contributed by atoms with Crippen molar-refractivity contribution in [3.8, 4) is 0 Å². The second-order valence-corrected chi connectivity index (χ2v) is 4.07. The highest BCUT2D eigenvalue weighted by Gasteiger charge is 1.99. The topological polar surface area (TPSA) is 40.9 Å². The Morgan fingerprint density at radius 2 is 2.07 bits per heavy atom. The van der Waals surface area contributed by atoms with Crippen LogP contribution in [0.4, 0.5) is 0 Å². The molecule has 0 saturated carbocycles. The number of hydrogen-bond acceptors (Lipinski definition) is 3. The van der Waals surface area contributed by atoms with Gasteiger partial charge in [-0.2, -0.15) is 0 Å². The molecule has 0 amide bonds. The maximum atomic E-state index is 10.3. The van der Waals surface area contributed by atoms with E-state index in [9.17, 15) is 4.79 Å². The number of aldehydes is 1. The first-order valence-corrected chi connectivity index (χ1v) is 5.53. The molecule has 1 rings (SSSR count). The van der Waals surface area contributed by atoms with Gasteiger partial charge in [-0.05, 0) is 24.3 Å². The predicted molar refractivity (Wildman–Crippen MR) is 60.3 cm³/mol. The Labute approximate surface area is 88.2 Å².